The normalized spacial score (nSPS) is 20.6. The monoisotopic (exact) mass is 330 g/mol. The number of carbonyl (C=O) groups is 1. The topological polar surface area (TPSA) is 46.5 Å². The van der Waals surface area contributed by atoms with Gasteiger partial charge in [0.15, 0.2) is 0 Å². The van der Waals surface area contributed by atoms with Gasteiger partial charge < -0.3 is 9.84 Å². The minimum Gasteiger partial charge on any atom is -0.423 e. The maximum atomic E-state index is 12.0. The molecule has 24 heavy (non-hydrogen) atoms. The van der Waals surface area contributed by atoms with E-state index >= 15 is 0 Å². The summed E-state index contributed by atoms with van der Waals surface area (Å²) in [6.07, 6.45) is 7.96. The third-order valence-electron chi connectivity index (χ3n) is 5.01. The number of benzene rings is 1. The first-order valence-electron chi connectivity index (χ1n) is 9.16. The van der Waals surface area contributed by atoms with Crippen LogP contribution in [0.3, 0.4) is 0 Å². The number of aliphatic hydroxyl groups excluding tert-OH is 1. The average Bonchev–Trinajstić information content (AvgIpc) is 2.56. The van der Waals surface area contributed by atoms with E-state index in [0.717, 1.165) is 29.9 Å². The molecule has 0 aliphatic heterocycles. The van der Waals surface area contributed by atoms with Gasteiger partial charge in [-0.1, -0.05) is 38.5 Å². The highest BCUT2D eigenvalue weighted by molar-refractivity contribution is 5.89. The van der Waals surface area contributed by atoms with E-state index in [-0.39, 0.29) is 12.6 Å². The molecule has 0 spiro atoms. The summed E-state index contributed by atoms with van der Waals surface area (Å²) >= 11 is 0. The van der Waals surface area contributed by atoms with Gasteiger partial charge in [0.05, 0.1) is 0 Å². The minimum absolute atomic E-state index is 0.0926. The molecule has 0 unspecified atom stereocenters. The molecule has 2 rings (SSSR count). The summed E-state index contributed by atoms with van der Waals surface area (Å²) in [5, 5.41) is 9.16. The van der Waals surface area contributed by atoms with Gasteiger partial charge >= 0.3 is 5.97 Å². The van der Waals surface area contributed by atoms with E-state index < -0.39 is 0 Å². The van der Waals surface area contributed by atoms with Crippen molar-refractivity contribution in [1.82, 2.24) is 0 Å². The maximum absolute atomic E-state index is 12.0. The SMILES string of the molecule is C=C(C)C(=O)Oc1cc(CCO)ccc1C1CCC(CCC)CC1. The summed E-state index contributed by atoms with van der Waals surface area (Å²) in [6.45, 7) is 7.67. The molecule has 3 nitrogen and oxygen atoms in total. The molecule has 0 atom stereocenters. The smallest absolute Gasteiger partial charge is 0.338 e. The van der Waals surface area contributed by atoms with Crippen molar-refractivity contribution >= 4 is 5.97 Å². The standard InChI is InChI=1S/C21H30O3/c1-4-5-16-6-9-18(10-7-16)19-11-8-17(12-13-22)14-20(19)24-21(23)15(2)3/h8,11,14,16,18,22H,2,4-7,9-10,12-13H2,1,3H3. The number of hydrogen-bond donors (Lipinski definition) is 1. The Bertz CT molecular complexity index is 568. The van der Waals surface area contributed by atoms with Crippen LogP contribution in [0.4, 0.5) is 0 Å². The van der Waals surface area contributed by atoms with Crippen LogP contribution in [0.1, 0.15) is 69.4 Å². The maximum Gasteiger partial charge on any atom is 0.338 e. The van der Waals surface area contributed by atoms with Crippen LogP contribution in [0, 0.1) is 5.92 Å². The van der Waals surface area contributed by atoms with E-state index in [1.54, 1.807) is 6.92 Å². The first-order valence-corrected chi connectivity index (χ1v) is 9.16. The third-order valence-corrected chi connectivity index (χ3v) is 5.01. The highest BCUT2D eigenvalue weighted by Crippen LogP contribution is 2.41. The van der Waals surface area contributed by atoms with Crippen molar-refractivity contribution in [3.63, 3.8) is 0 Å². The van der Waals surface area contributed by atoms with Crippen molar-refractivity contribution in [3.8, 4) is 5.75 Å². The summed E-state index contributed by atoms with van der Waals surface area (Å²) in [5.74, 6) is 1.57. The van der Waals surface area contributed by atoms with Crippen LogP contribution in [-0.2, 0) is 11.2 Å². The fraction of sp³-hybridized carbons (Fsp3) is 0.571. The lowest BCUT2D eigenvalue weighted by molar-refractivity contribution is -0.130. The van der Waals surface area contributed by atoms with E-state index in [1.165, 1.54) is 25.7 Å². The van der Waals surface area contributed by atoms with E-state index in [2.05, 4.69) is 19.6 Å². The van der Waals surface area contributed by atoms with E-state index in [1.807, 2.05) is 12.1 Å². The highest BCUT2D eigenvalue weighted by atomic mass is 16.5. The summed E-state index contributed by atoms with van der Waals surface area (Å²) in [5.41, 5.74) is 2.52. The molecular formula is C21H30O3. The van der Waals surface area contributed by atoms with Crippen LogP contribution < -0.4 is 4.74 Å². The number of aliphatic hydroxyl groups is 1. The van der Waals surface area contributed by atoms with Gasteiger partial charge in [-0.05, 0) is 68.1 Å². The molecule has 0 aromatic heterocycles. The average molecular weight is 330 g/mol. The Labute approximate surface area is 145 Å². The molecular weight excluding hydrogens is 300 g/mol. The van der Waals surface area contributed by atoms with Crippen LogP contribution in [-0.4, -0.2) is 17.7 Å². The summed E-state index contributed by atoms with van der Waals surface area (Å²) in [4.78, 5) is 12.0. The summed E-state index contributed by atoms with van der Waals surface area (Å²) in [7, 11) is 0. The highest BCUT2D eigenvalue weighted by Gasteiger charge is 2.25. The predicted molar refractivity (Wildman–Crippen MR) is 97.3 cm³/mol. The van der Waals surface area contributed by atoms with Gasteiger partial charge in [0.2, 0.25) is 0 Å². The van der Waals surface area contributed by atoms with Gasteiger partial charge in [0, 0.05) is 12.2 Å². The molecule has 0 amide bonds. The molecule has 1 aromatic carbocycles. The first kappa shape index (κ1) is 18.7. The molecule has 1 saturated carbocycles. The van der Waals surface area contributed by atoms with Crippen LogP contribution in [0.25, 0.3) is 0 Å². The van der Waals surface area contributed by atoms with Gasteiger partial charge in [-0.25, -0.2) is 4.79 Å². The molecule has 132 valence electrons. The zero-order valence-electron chi connectivity index (χ0n) is 15.0. The fourth-order valence-electron chi connectivity index (χ4n) is 3.65. The number of carbonyl (C=O) groups excluding carboxylic acids is 1. The van der Waals surface area contributed by atoms with Gasteiger partial charge in [-0.3, -0.25) is 0 Å². The Kier molecular flexibility index (Phi) is 7.04. The number of ether oxygens (including phenoxy) is 1. The lowest BCUT2D eigenvalue weighted by Gasteiger charge is -2.29. The van der Waals surface area contributed by atoms with Crippen LogP contribution in [0.15, 0.2) is 30.4 Å². The molecule has 0 bridgehead atoms. The molecule has 1 aliphatic carbocycles. The molecule has 1 aliphatic rings. The number of esters is 1. The number of rotatable bonds is 7. The van der Waals surface area contributed by atoms with Crippen LogP contribution in [0.2, 0.25) is 0 Å². The molecule has 1 fully saturated rings. The van der Waals surface area contributed by atoms with Crippen molar-refractivity contribution in [3.05, 3.63) is 41.5 Å². The molecule has 0 radical (unpaired) electrons. The second-order valence-corrected chi connectivity index (χ2v) is 7.02. The Morgan fingerprint density at radius 1 is 1.29 bits per heavy atom. The first-order chi connectivity index (χ1) is 11.5. The van der Waals surface area contributed by atoms with Gasteiger partial charge in [-0.15, -0.1) is 0 Å². The molecule has 0 saturated heterocycles. The summed E-state index contributed by atoms with van der Waals surface area (Å²) in [6, 6.07) is 6.03. The molecule has 1 aromatic rings. The second kappa shape index (κ2) is 9.03. The van der Waals surface area contributed by atoms with Crippen molar-refractivity contribution in [1.29, 1.82) is 0 Å². The number of hydrogen-bond acceptors (Lipinski definition) is 3. The Hall–Kier alpha value is -1.61. The lowest BCUT2D eigenvalue weighted by Crippen LogP contribution is -2.16. The lowest BCUT2D eigenvalue weighted by atomic mass is 9.77. The van der Waals surface area contributed by atoms with Crippen molar-refractivity contribution in [2.45, 2.75) is 64.7 Å². The zero-order valence-corrected chi connectivity index (χ0v) is 15.0. The van der Waals surface area contributed by atoms with Gasteiger partial charge in [-0.2, -0.15) is 0 Å². The van der Waals surface area contributed by atoms with Crippen LogP contribution >= 0.6 is 0 Å². The zero-order chi connectivity index (χ0) is 17.5. The quantitative estimate of drug-likeness (QED) is 0.445. The minimum atomic E-state index is -0.378. The van der Waals surface area contributed by atoms with Crippen molar-refractivity contribution in [2.75, 3.05) is 6.61 Å². The van der Waals surface area contributed by atoms with Crippen LogP contribution in [0.5, 0.6) is 5.75 Å². The largest absolute Gasteiger partial charge is 0.423 e. The van der Waals surface area contributed by atoms with Gasteiger partial charge in [0.25, 0.3) is 0 Å². The van der Waals surface area contributed by atoms with E-state index in [9.17, 15) is 4.79 Å². The van der Waals surface area contributed by atoms with E-state index in [0.29, 0.717) is 23.7 Å². The molecule has 0 heterocycles. The van der Waals surface area contributed by atoms with Gasteiger partial charge in [0.1, 0.15) is 5.75 Å². The third kappa shape index (κ3) is 4.94. The Morgan fingerprint density at radius 3 is 2.58 bits per heavy atom. The second-order valence-electron chi connectivity index (χ2n) is 7.02. The van der Waals surface area contributed by atoms with Crippen molar-refractivity contribution in [2.24, 2.45) is 5.92 Å². The Balaban J connectivity index is 2.18. The molecule has 3 heteroatoms. The molecule has 1 N–H and O–H groups in total. The fourth-order valence-corrected chi connectivity index (χ4v) is 3.65. The van der Waals surface area contributed by atoms with E-state index in [4.69, 9.17) is 9.84 Å². The predicted octanol–water partition coefficient (Wildman–Crippen LogP) is 4.78. The summed E-state index contributed by atoms with van der Waals surface area (Å²) < 4.78 is 5.60. The Morgan fingerprint density at radius 2 is 2.00 bits per heavy atom. The van der Waals surface area contributed by atoms with Crippen molar-refractivity contribution < 1.29 is 14.6 Å².